The molecule has 0 aromatic heterocycles. The number of hydrogen-bond acceptors (Lipinski definition) is 4. The first kappa shape index (κ1) is 15.1. The number of azo groups is 1. The number of thiocarbonyl (C=S) groups is 1. The minimum absolute atomic E-state index is 0.0582. The van der Waals surface area contributed by atoms with Crippen molar-refractivity contribution >= 4 is 45.9 Å². The average molecular weight is 305 g/mol. The van der Waals surface area contributed by atoms with E-state index in [9.17, 15) is 5.11 Å². The van der Waals surface area contributed by atoms with Crippen LogP contribution in [0.5, 0.6) is 0 Å². The van der Waals surface area contributed by atoms with Crippen molar-refractivity contribution in [2.24, 2.45) is 26.9 Å². The van der Waals surface area contributed by atoms with E-state index in [1.165, 1.54) is 17.8 Å². The highest BCUT2D eigenvalue weighted by molar-refractivity contribution is 8.13. The molecule has 3 N–H and O–H groups in total. The molecule has 0 saturated carbocycles. The molecule has 5 nitrogen and oxygen atoms in total. The van der Waals surface area contributed by atoms with Crippen molar-refractivity contribution in [3.63, 3.8) is 0 Å². The molecule has 0 aromatic carbocycles. The van der Waals surface area contributed by atoms with E-state index < -0.39 is 0 Å². The van der Waals surface area contributed by atoms with Gasteiger partial charge in [0.2, 0.25) is 5.11 Å². The molecule has 8 heteroatoms. The van der Waals surface area contributed by atoms with Crippen molar-refractivity contribution in [2.75, 3.05) is 6.26 Å². The first-order chi connectivity index (χ1) is 8.45. The van der Waals surface area contributed by atoms with Gasteiger partial charge in [-0.05, 0) is 24.5 Å². The Balaban J connectivity index is 2.70. The zero-order chi connectivity index (χ0) is 13.7. The highest BCUT2D eigenvalue weighted by Gasteiger charge is 2.23. The van der Waals surface area contributed by atoms with Gasteiger partial charge in [0.05, 0.1) is 11.1 Å². The second-order valence-corrected chi connectivity index (χ2v) is 5.12. The predicted molar refractivity (Wildman–Crippen MR) is 80.2 cm³/mol. The van der Waals surface area contributed by atoms with Crippen LogP contribution in [0.3, 0.4) is 0 Å². The number of allylic oxidation sites excluding steroid dienone is 1. The zero-order valence-corrected chi connectivity index (χ0v) is 12.3. The smallest absolute Gasteiger partial charge is 0.241 e. The molecule has 0 aromatic rings. The van der Waals surface area contributed by atoms with Crippen molar-refractivity contribution in [1.82, 2.24) is 0 Å². The molecule has 2 unspecified atom stereocenters. The molecule has 1 rings (SSSR count). The SMILES string of the molecule is CSC(N)=NC(=S)N=NC1C=CC(O)=C(Cl)C1C. The van der Waals surface area contributed by atoms with Crippen LogP contribution in [-0.4, -0.2) is 27.7 Å². The molecular weight excluding hydrogens is 292 g/mol. The maximum absolute atomic E-state index is 9.42. The second-order valence-electron chi connectivity index (χ2n) is 3.52. The fourth-order valence-corrected chi connectivity index (χ4v) is 1.81. The van der Waals surface area contributed by atoms with E-state index in [1.54, 1.807) is 12.3 Å². The molecule has 0 heterocycles. The van der Waals surface area contributed by atoms with Gasteiger partial charge < -0.3 is 10.8 Å². The molecular formula is C10H13ClN4OS2. The van der Waals surface area contributed by atoms with E-state index >= 15 is 0 Å². The molecule has 98 valence electrons. The lowest BCUT2D eigenvalue weighted by molar-refractivity contribution is 0.409. The van der Waals surface area contributed by atoms with E-state index in [4.69, 9.17) is 29.6 Å². The molecule has 0 saturated heterocycles. The lowest BCUT2D eigenvalue weighted by Gasteiger charge is -2.19. The Hall–Kier alpha value is -0.920. The van der Waals surface area contributed by atoms with Gasteiger partial charge in [-0.15, -0.1) is 5.11 Å². The first-order valence-corrected chi connectivity index (χ1v) is 7.06. The Morgan fingerprint density at radius 2 is 2.28 bits per heavy atom. The molecule has 0 radical (unpaired) electrons. The third kappa shape index (κ3) is 4.08. The number of aliphatic imine (C=N–C) groups is 1. The topological polar surface area (TPSA) is 83.3 Å². The van der Waals surface area contributed by atoms with Crippen LogP contribution in [0.15, 0.2) is 38.2 Å². The van der Waals surface area contributed by atoms with Crippen LogP contribution in [0.25, 0.3) is 0 Å². The Labute approximate surface area is 120 Å². The fraction of sp³-hybridized carbons (Fsp3) is 0.400. The molecule has 0 amide bonds. The second kappa shape index (κ2) is 6.86. The summed E-state index contributed by atoms with van der Waals surface area (Å²) >= 11 is 12.1. The summed E-state index contributed by atoms with van der Waals surface area (Å²) < 4.78 is 0. The van der Waals surface area contributed by atoms with Crippen molar-refractivity contribution < 1.29 is 5.11 Å². The van der Waals surface area contributed by atoms with Gasteiger partial charge in [0.1, 0.15) is 5.76 Å². The molecule has 18 heavy (non-hydrogen) atoms. The molecule has 1 aliphatic rings. The number of nitrogens with two attached hydrogens (primary N) is 1. The van der Waals surface area contributed by atoms with Crippen molar-refractivity contribution in [2.45, 2.75) is 13.0 Å². The summed E-state index contributed by atoms with van der Waals surface area (Å²) in [5.41, 5.74) is 5.50. The Morgan fingerprint density at radius 1 is 1.61 bits per heavy atom. The Bertz CT molecular complexity index is 459. The van der Waals surface area contributed by atoms with Crippen LogP contribution in [0, 0.1) is 5.92 Å². The molecule has 2 atom stereocenters. The van der Waals surface area contributed by atoms with Crippen molar-refractivity contribution in [3.05, 3.63) is 22.9 Å². The highest BCUT2D eigenvalue weighted by atomic mass is 35.5. The third-order valence-corrected chi connectivity index (χ3v) is 3.52. The molecule has 0 aliphatic heterocycles. The average Bonchev–Trinajstić information content (AvgIpc) is 2.35. The van der Waals surface area contributed by atoms with E-state index in [2.05, 4.69) is 15.2 Å². The van der Waals surface area contributed by atoms with E-state index in [1.807, 2.05) is 6.92 Å². The van der Waals surface area contributed by atoms with Gasteiger partial charge in [-0.3, -0.25) is 0 Å². The van der Waals surface area contributed by atoms with Crippen LogP contribution in [0.4, 0.5) is 0 Å². The summed E-state index contributed by atoms with van der Waals surface area (Å²) in [5.74, 6) is -0.0899. The largest absolute Gasteiger partial charge is 0.507 e. The van der Waals surface area contributed by atoms with Crippen molar-refractivity contribution in [1.29, 1.82) is 0 Å². The number of thioether (sulfide) groups is 1. The standard InChI is InChI=1S/C10H13ClN4OS2/c1-5-6(3-4-7(16)8(5)11)14-15-10(17)13-9(12)18-2/h3-6,16H,1-2H3,(H2,12,13,17). The number of amidine groups is 1. The maximum atomic E-state index is 9.42. The number of nitrogens with zero attached hydrogens (tertiary/aromatic N) is 3. The highest BCUT2D eigenvalue weighted by Crippen LogP contribution is 2.29. The number of aliphatic hydroxyl groups is 1. The number of hydrogen-bond donors (Lipinski definition) is 2. The third-order valence-electron chi connectivity index (χ3n) is 2.30. The zero-order valence-electron chi connectivity index (χ0n) is 9.87. The molecule has 0 fully saturated rings. The summed E-state index contributed by atoms with van der Waals surface area (Å²) in [7, 11) is 0. The van der Waals surface area contributed by atoms with Crippen LogP contribution < -0.4 is 5.73 Å². The number of aliphatic hydroxyl groups excluding tert-OH is 1. The van der Waals surface area contributed by atoms with Gasteiger partial charge in [0.15, 0.2) is 5.17 Å². The van der Waals surface area contributed by atoms with Gasteiger partial charge in [0, 0.05) is 5.92 Å². The summed E-state index contributed by atoms with van der Waals surface area (Å²) in [6.07, 6.45) is 4.99. The lowest BCUT2D eigenvalue weighted by Crippen LogP contribution is -2.17. The summed E-state index contributed by atoms with van der Waals surface area (Å²) in [4.78, 5) is 3.85. The summed E-state index contributed by atoms with van der Waals surface area (Å²) in [6.45, 7) is 1.84. The van der Waals surface area contributed by atoms with Crippen LogP contribution in [-0.2, 0) is 0 Å². The minimum Gasteiger partial charge on any atom is -0.507 e. The number of rotatable bonds is 1. The van der Waals surface area contributed by atoms with Crippen LogP contribution in [0.2, 0.25) is 0 Å². The Kier molecular flexibility index (Phi) is 5.77. The predicted octanol–water partition coefficient (Wildman–Crippen LogP) is 2.98. The molecule has 0 spiro atoms. The first-order valence-electron chi connectivity index (χ1n) is 5.05. The van der Waals surface area contributed by atoms with E-state index in [0.717, 1.165) is 0 Å². The van der Waals surface area contributed by atoms with Gasteiger partial charge in [0.25, 0.3) is 0 Å². The van der Waals surface area contributed by atoms with Crippen molar-refractivity contribution in [3.8, 4) is 0 Å². The van der Waals surface area contributed by atoms with Crippen LogP contribution in [0.1, 0.15) is 6.92 Å². The van der Waals surface area contributed by atoms with E-state index in [-0.39, 0.29) is 22.8 Å². The number of halogens is 1. The minimum atomic E-state index is -0.267. The maximum Gasteiger partial charge on any atom is 0.241 e. The quantitative estimate of drug-likeness (QED) is 0.337. The van der Waals surface area contributed by atoms with Gasteiger partial charge in [-0.2, -0.15) is 10.1 Å². The lowest BCUT2D eigenvalue weighted by atomic mass is 9.97. The fourth-order valence-electron chi connectivity index (χ4n) is 1.24. The Morgan fingerprint density at radius 3 is 2.89 bits per heavy atom. The summed E-state index contributed by atoms with van der Waals surface area (Å²) in [5, 5.41) is 18.0. The van der Waals surface area contributed by atoms with Gasteiger partial charge in [-0.25, -0.2) is 0 Å². The normalized spacial score (nSPS) is 24.9. The van der Waals surface area contributed by atoms with Gasteiger partial charge in [-0.1, -0.05) is 36.4 Å². The van der Waals surface area contributed by atoms with Gasteiger partial charge >= 0.3 is 0 Å². The molecule has 1 aliphatic carbocycles. The summed E-state index contributed by atoms with van der Waals surface area (Å²) in [6, 6.07) is -0.267. The van der Waals surface area contributed by atoms with E-state index in [0.29, 0.717) is 10.2 Å². The monoisotopic (exact) mass is 304 g/mol. The molecule has 0 bridgehead atoms. The van der Waals surface area contributed by atoms with Crippen LogP contribution >= 0.6 is 35.6 Å².